The Kier molecular flexibility index (Phi) is 6.30. The second-order valence-electron chi connectivity index (χ2n) is 7.72. The topological polar surface area (TPSA) is 96.8 Å². The molecule has 1 aliphatic rings. The lowest BCUT2D eigenvalue weighted by Gasteiger charge is -2.23. The number of nitrogens with zero attached hydrogens (tertiary/aromatic N) is 2. The molecule has 1 N–H and O–H groups in total. The average Bonchev–Trinajstić information content (AvgIpc) is 3.31. The van der Waals surface area contributed by atoms with E-state index in [1.165, 1.54) is 17.0 Å². The Hall–Kier alpha value is -3.85. The molecule has 0 bridgehead atoms. The minimum absolute atomic E-state index is 0.131. The standard InChI is InChI=1S/C25H21FN2O5S/c1-4-33-24(32)22-14(3)27-25(34-22)28-19(15-7-5-13(2)6-8-15)18(21(30)23(28)31)20(29)16-9-11-17(26)12-10-16/h5-12,19,29H,4H2,1-3H3. The highest BCUT2D eigenvalue weighted by Crippen LogP contribution is 2.44. The molecule has 0 radical (unpaired) electrons. The number of carbonyl (C=O) groups is 3. The molecule has 0 saturated carbocycles. The number of thiazole rings is 1. The predicted octanol–water partition coefficient (Wildman–Crippen LogP) is 4.70. The summed E-state index contributed by atoms with van der Waals surface area (Å²) in [6.07, 6.45) is 0. The summed E-state index contributed by atoms with van der Waals surface area (Å²) < 4.78 is 18.5. The number of hydrogen-bond acceptors (Lipinski definition) is 7. The van der Waals surface area contributed by atoms with E-state index >= 15 is 0 Å². The third-order valence-corrected chi connectivity index (χ3v) is 6.54. The van der Waals surface area contributed by atoms with Crippen LogP contribution in [-0.2, 0) is 14.3 Å². The van der Waals surface area contributed by atoms with Gasteiger partial charge >= 0.3 is 11.9 Å². The minimum atomic E-state index is -0.994. The normalized spacial score (nSPS) is 17.3. The van der Waals surface area contributed by atoms with Crippen LogP contribution in [0.4, 0.5) is 9.52 Å². The molecule has 4 rings (SSSR count). The molecule has 0 aliphatic carbocycles. The summed E-state index contributed by atoms with van der Waals surface area (Å²) >= 11 is 0.937. The number of anilines is 1. The molecule has 1 saturated heterocycles. The predicted molar refractivity (Wildman–Crippen MR) is 125 cm³/mol. The van der Waals surface area contributed by atoms with Crippen molar-refractivity contribution >= 4 is 39.9 Å². The van der Waals surface area contributed by atoms with Crippen molar-refractivity contribution in [1.29, 1.82) is 0 Å². The lowest BCUT2D eigenvalue weighted by atomic mass is 9.95. The van der Waals surface area contributed by atoms with Crippen molar-refractivity contribution < 1.29 is 28.6 Å². The van der Waals surface area contributed by atoms with E-state index in [-0.39, 0.29) is 27.8 Å². The molecule has 1 fully saturated rings. The Morgan fingerprint density at radius 2 is 1.76 bits per heavy atom. The maximum atomic E-state index is 13.4. The molecule has 3 aromatic rings. The third kappa shape index (κ3) is 4.10. The van der Waals surface area contributed by atoms with Crippen molar-refractivity contribution in [2.75, 3.05) is 11.5 Å². The van der Waals surface area contributed by atoms with Crippen LogP contribution in [0.5, 0.6) is 0 Å². The molecule has 2 heterocycles. The average molecular weight is 481 g/mol. The van der Waals surface area contributed by atoms with Gasteiger partial charge in [-0.1, -0.05) is 41.2 Å². The van der Waals surface area contributed by atoms with Crippen LogP contribution < -0.4 is 4.90 Å². The largest absolute Gasteiger partial charge is 0.507 e. The van der Waals surface area contributed by atoms with Gasteiger partial charge in [-0.05, 0) is 50.6 Å². The van der Waals surface area contributed by atoms with Crippen LogP contribution in [0.1, 0.15) is 45.0 Å². The first-order valence-electron chi connectivity index (χ1n) is 10.5. The molecule has 0 spiro atoms. The van der Waals surface area contributed by atoms with E-state index in [1.54, 1.807) is 26.0 Å². The number of esters is 1. The van der Waals surface area contributed by atoms with Gasteiger partial charge in [0, 0.05) is 5.56 Å². The first-order chi connectivity index (χ1) is 16.2. The van der Waals surface area contributed by atoms with Crippen LogP contribution in [0.2, 0.25) is 0 Å². The number of rotatable bonds is 5. The second kappa shape index (κ2) is 9.18. The number of carbonyl (C=O) groups excluding carboxylic acids is 3. The van der Waals surface area contributed by atoms with Gasteiger partial charge in [-0.2, -0.15) is 0 Å². The van der Waals surface area contributed by atoms with E-state index < -0.39 is 35.3 Å². The van der Waals surface area contributed by atoms with E-state index in [0.717, 1.165) is 29.0 Å². The Morgan fingerprint density at radius 3 is 2.38 bits per heavy atom. The number of hydrogen-bond donors (Lipinski definition) is 1. The summed E-state index contributed by atoms with van der Waals surface area (Å²) in [6.45, 7) is 5.37. The molecule has 1 unspecified atom stereocenters. The Bertz CT molecular complexity index is 1310. The molecule has 174 valence electrons. The molecule has 1 amide bonds. The maximum Gasteiger partial charge on any atom is 0.350 e. The van der Waals surface area contributed by atoms with Gasteiger partial charge in [0.15, 0.2) is 5.13 Å². The lowest BCUT2D eigenvalue weighted by molar-refractivity contribution is -0.132. The second-order valence-corrected chi connectivity index (χ2v) is 8.70. The summed E-state index contributed by atoms with van der Waals surface area (Å²) in [5, 5.41) is 11.2. The van der Waals surface area contributed by atoms with Gasteiger partial charge in [-0.3, -0.25) is 14.5 Å². The lowest BCUT2D eigenvalue weighted by Crippen LogP contribution is -2.29. The van der Waals surface area contributed by atoms with Gasteiger partial charge < -0.3 is 9.84 Å². The zero-order valence-electron chi connectivity index (χ0n) is 18.7. The summed E-state index contributed by atoms with van der Waals surface area (Å²) in [6, 6.07) is 11.1. The highest BCUT2D eigenvalue weighted by molar-refractivity contribution is 7.17. The van der Waals surface area contributed by atoms with Gasteiger partial charge in [0.25, 0.3) is 5.78 Å². The number of ketones is 1. The number of aliphatic hydroxyl groups excluding tert-OH is 1. The van der Waals surface area contributed by atoms with Crippen LogP contribution in [0.25, 0.3) is 5.76 Å². The molecule has 7 nitrogen and oxygen atoms in total. The molecule has 9 heteroatoms. The number of Topliss-reactive ketones (excluding diaryl/α,β-unsaturated/α-hetero) is 1. The van der Waals surface area contributed by atoms with Crippen molar-refractivity contribution in [3.05, 3.63) is 87.2 Å². The molecule has 1 atom stereocenters. The van der Waals surface area contributed by atoms with Gasteiger partial charge in [0.2, 0.25) is 0 Å². The summed E-state index contributed by atoms with van der Waals surface area (Å²) in [7, 11) is 0. The number of aryl methyl sites for hydroxylation is 2. The maximum absolute atomic E-state index is 13.4. The van der Waals surface area contributed by atoms with E-state index in [1.807, 2.05) is 19.1 Å². The molecule has 2 aromatic carbocycles. The molecule has 34 heavy (non-hydrogen) atoms. The zero-order valence-corrected chi connectivity index (χ0v) is 19.5. The van der Waals surface area contributed by atoms with Gasteiger partial charge in [-0.15, -0.1) is 0 Å². The molecular formula is C25H21FN2O5S. The van der Waals surface area contributed by atoms with Gasteiger partial charge in [-0.25, -0.2) is 14.2 Å². The van der Waals surface area contributed by atoms with E-state index in [2.05, 4.69) is 4.98 Å². The fraction of sp³-hybridized carbons (Fsp3) is 0.200. The Morgan fingerprint density at radius 1 is 1.12 bits per heavy atom. The minimum Gasteiger partial charge on any atom is -0.507 e. The number of aromatic nitrogens is 1. The quantitative estimate of drug-likeness (QED) is 0.246. The monoisotopic (exact) mass is 480 g/mol. The van der Waals surface area contributed by atoms with Crippen LogP contribution in [0.3, 0.4) is 0 Å². The number of halogens is 1. The first-order valence-corrected chi connectivity index (χ1v) is 11.3. The SMILES string of the molecule is CCOC(=O)c1sc(N2C(=O)C(=O)C(=C(O)c3ccc(F)cc3)C2c2ccc(C)cc2)nc1C. The molecular weight excluding hydrogens is 459 g/mol. The van der Waals surface area contributed by atoms with Crippen LogP contribution in [0, 0.1) is 19.7 Å². The van der Waals surface area contributed by atoms with E-state index in [0.29, 0.717) is 11.3 Å². The summed E-state index contributed by atoms with van der Waals surface area (Å²) in [5.41, 5.74) is 1.94. The van der Waals surface area contributed by atoms with E-state index in [9.17, 15) is 23.9 Å². The fourth-order valence-corrected chi connectivity index (χ4v) is 4.72. The molecule has 1 aromatic heterocycles. The Labute approximate surface area is 199 Å². The van der Waals surface area contributed by atoms with Crippen molar-refractivity contribution in [3.8, 4) is 0 Å². The molecule has 1 aliphatic heterocycles. The first kappa shape index (κ1) is 23.3. The van der Waals surface area contributed by atoms with Crippen molar-refractivity contribution in [2.24, 2.45) is 0 Å². The summed E-state index contributed by atoms with van der Waals surface area (Å²) in [4.78, 5) is 44.4. The number of amides is 1. The van der Waals surface area contributed by atoms with E-state index in [4.69, 9.17) is 4.74 Å². The van der Waals surface area contributed by atoms with Crippen LogP contribution >= 0.6 is 11.3 Å². The summed E-state index contributed by atoms with van der Waals surface area (Å²) in [5.74, 6) is -3.29. The number of aliphatic hydroxyl groups is 1. The highest BCUT2D eigenvalue weighted by Gasteiger charge is 2.48. The zero-order chi connectivity index (χ0) is 24.6. The van der Waals surface area contributed by atoms with Crippen LogP contribution in [-0.4, -0.2) is 34.4 Å². The number of ether oxygens (including phenoxy) is 1. The van der Waals surface area contributed by atoms with Gasteiger partial charge in [0.05, 0.1) is 23.9 Å². The Balaban J connectivity index is 1.90. The van der Waals surface area contributed by atoms with Crippen molar-refractivity contribution in [2.45, 2.75) is 26.8 Å². The highest BCUT2D eigenvalue weighted by atomic mass is 32.1. The fourth-order valence-electron chi connectivity index (χ4n) is 3.73. The van der Waals surface area contributed by atoms with Crippen molar-refractivity contribution in [1.82, 2.24) is 4.98 Å². The third-order valence-electron chi connectivity index (χ3n) is 5.41. The van der Waals surface area contributed by atoms with Gasteiger partial charge in [0.1, 0.15) is 16.5 Å². The van der Waals surface area contributed by atoms with Crippen molar-refractivity contribution in [3.63, 3.8) is 0 Å². The number of benzene rings is 2. The smallest absolute Gasteiger partial charge is 0.350 e. The van der Waals surface area contributed by atoms with Crippen LogP contribution in [0.15, 0.2) is 54.1 Å².